The highest BCUT2D eigenvalue weighted by atomic mass is 16.6. The molecule has 0 radical (unpaired) electrons. The first-order valence-electron chi connectivity index (χ1n) is 10.7. The predicted octanol–water partition coefficient (Wildman–Crippen LogP) is 6.93. The van der Waals surface area contributed by atoms with Gasteiger partial charge in [-0.25, -0.2) is 0 Å². The molecule has 27 heavy (non-hydrogen) atoms. The maximum absolute atomic E-state index is 10.4. The molecule has 0 bridgehead atoms. The van der Waals surface area contributed by atoms with Gasteiger partial charge in [-0.1, -0.05) is 68.3 Å². The molecule has 152 valence electrons. The van der Waals surface area contributed by atoms with E-state index >= 15 is 0 Å². The fourth-order valence-corrected chi connectivity index (χ4v) is 3.08. The average molecular weight is 376 g/mol. The molecule has 0 aromatic carbocycles. The van der Waals surface area contributed by atoms with Crippen molar-refractivity contribution in [3.05, 3.63) is 36.6 Å². The summed E-state index contributed by atoms with van der Waals surface area (Å²) in [6.45, 7) is 0. The van der Waals surface area contributed by atoms with Gasteiger partial charge in [-0.3, -0.25) is 4.79 Å². The molecule has 0 fully saturated rings. The van der Waals surface area contributed by atoms with Crippen molar-refractivity contribution in [2.45, 2.75) is 96.3 Å². The maximum atomic E-state index is 10.4. The van der Waals surface area contributed by atoms with Crippen LogP contribution in [0.1, 0.15) is 96.3 Å². The number of allylic oxidation sites excluding steroid dienone is 5. The van der Waals surface area contributed by atoms with Gasteiger partial charge in [0.1, 0.15) is 6.26 Å². The monoisotopic (exact) mass is 375 g/mol. The molecule has 0 spiro atoms. The summed E-state index contributed by atoms with van der Waals surface area (Å²) >= 11 is 0. The highest BCUT2D eigenvalue weighted by molar-refractivity contribution is 5.94. The van der Waals surface area contributed by atoms with Crippen LogP contribution in [0.5, 0.6) is 0 Å². The molecule has 1 N–H and O–H groups in total. The molecule has 0 saturated carbocycles. The predicted molar refractivity (Wildman–Crippen MR) is 113 cm³/mol. The second kappa shape index (κ2) is 17.6. The van der Waals surface area contributed by atoms with Gasteiger partial charge in [0.05, 0.1) is 5.71 Å². The summed E-state index contributed by atoms with van der Waals surface area (Å²) < 4.78 is 0. The standard InChI is InChI=1S/C23H37NO3/c25-23(26)20-15-13-11-9-7-5-3-1-2-4-6-8-10-12-14-18-22-19-16-17-21-27-24-22/h1,3,16-17,19,21H,2,4-15,18,20H2,(H,25,26)/b3-1-. The van der Waals surface area contributed by atoms with Crippen molar-refractivity contribution >= 4 is 11.7 Å². The van der Waals surface area contributed by atoms with Crippen molar-refractivity contribution in [1.29, 1.82) is 0 Å². The Morgan fingerprint density at radius 3 is 2.11 bits per heavy atom. The number of aliphatic carboxylic acids is 1. The van der Waals surface area contributed by atoms with Crippen molar-refractivity contribution < 1.29 is 14.7 Å². The lowest BCUT2D eigenvalue weighted by molar-refractivity contribution is -0.137. The first kappa shape index (κ1) is 23.2. The van der Waals surface area contributed by atoms with Crippen LogP contribution < -0.4 is 0 Å². The molecule has 0 aromatic heterocycles. The van der Waals surface area contributed by atoms with E-state index in [0.29, 0.717) is 6.42 Å². The zero-order chi connectivity index (χ0) is 19.4. The zero-order valence-electron chi connectivity index (χ0n) is 16.8. The van der Waals surface area contributed by atoms with E-state index in [9.17, 15) is 4.79 Å². The third kappa shape index (κ3) is 16.1. The molecule has 1 aliphatic heterocycles. The van der Waals surface area contributed by atoms with Crippen LogP contribution in [0.15, 0.2) is 41.8 Å². The topological polar surface area (TPSA) is 58.9 Å². The first-order chi connectivity index (χ1) is 13.3. The number of unbranched alkanes of at least 4 members (excludes halogenated alkanes) is 11. The third-order valence-electron chi connectivity index (χ3n) is 4.69. The molecule has 4 heteroatoms. The van der Waals surface area contributed by atoms with E-state index < -0.39 is 5.97 Å². The molecule has 0 amide bonds. The second-order valence-corrected chi connectivity index (χ2v) is 7.21. The third-order valence-corrected chi connectivity index (χ3v) is 4.69. The van der Waals surface area contributed by atoms with Gasteiger partial charge in [-0.15, -0.1) is 0 Å². The second-order valence-electron chi connectivity index (χ2n) is 7.21. The summed E-state index contributed by atoms with van der Waals surface area (Å²) in [7, 11) is 0. The summed E-state index contributed by atoms with van der Waals surface area (Å²) in [4.78, 5) is 15.4. The zero-order valence-corrected chi connectivity index (χ0v) is 16.8. The van der Waals surface area contributed by atoms with Crippen molar-refractivity contribution in [2.24, 2.45) is 5.16 Å². The minimum absolute atomic E-state index is 0.319. The molecular formula is C23H37NO3. The molecule has 4 nitrogen and oxygen atoms in total. The van der Waals surface area contributed by atoms with Gasteiger partial charge >= 0.3 is 5.97 Å². The Morgan fingerprint density at radius 1 is 0.852 bits per heavy atom. The Balaban J connectivity index is 1.77. The van der Waals surface area contributed by atoms with Crippen LogP contribution in [-0.4, -0.2) is 16.8 Å². The minimum atomic E-state index is -0.673. The summed E-state index contributed by atoms with van der Waals surface area (Å²) in [6.07, 6.45) is 28.9. The first-order valence-corrected chi connectivity index (χ1v) is 10.7. The van der Waals surface area contributed by atoms with E-state index in [1.807, 2.05) is 18.2 Å². The lowest BCUT2D eigenvalue weighted by atomic mass is 10.1. The van der Waals surface area contributed by atoms with Crippen molar-refractivity contribution in [2.75, 3.05) is 0 Å². The lowest BCUT2D eigenvalue weighted by Crippen LogP contribution is -1.93. The quantitative estimate of drug-likeness (QED) is 0.221. The SMILES string of the molecule is O=C(O)CCCCCCC/C=C\CCCCCCCCC1=NOC=CC=C1. The van der Waals surface area contributed by atoms with Crippen LogP contribution in [-0.2, 0) is 9.63 Å². The largest absolute Gasteiger partial charge is 0.481 e. The molecule has 0 aliphatic carbocycles. The normalized spacial score (nSPS) is 13.6. The number of nitrogens with zero attached hydrogens (tertiary/aromatic N) is 1. The van der Waals surface area contributed by atoms with Crippen LogP contribution in [0.2, 0.25) is 0 Å². The number of hydrogen-bond donors (Lipinski definition) is 1. The van der Waals surface area contributed by atoms with E-state index in [4.69, 9.17) is 9.94 Å². The molecule has 0 aromatic rings. The summed E-state index contributed by atoms with van der Waals surface area (Å²) in [5.74, 6) is -0.673. The van der Waals surface area contributed by atoms with Crippen LogP contribution >= 0.6 is 0 Å². The van der Waals surface area contributed by atoms with Gasteiger partial charge in [-0.05, 0) is 57.1 Å². The molecule has 0 unspecified atom stereocenters. The van der Waals surface area contributed by atoms with Crippen molar-refractivity contribution in [3.63, 3.8) is 0 Å². The Kier molecular flexibility index (Phi) is 15.1. The number of oxime groups is 1. The van der Waals surface area contributed by atoms with Crippen molar-refractivity contribution in [1.82, 2.24) is 0 Å². The molecule has 0 atom stereocenters. The molecule has 0 saturated heterocycles. The fraction of sp³-hybridized carbons (Fsp3) is 0.652. The average Bonchev–Trinajstić information content (AvgIpc) is 2.93. The number of hydrogen-bond acceptors (Lipinski definition) is 3. The van der Waals surface area contributed by atoms with Gasteiger partial charge in [0.25, 0.3) is 0 Å². The molecular weight excluding hydrogens is 338 g/mol. The van der Waals surface area contributed by atoms with Gasteiger partial charge < -0.3 is 9.94 Å². The highest BCUT2D eigenvalue weighted by Crippen LogP contribution is 2.11. The van der Waals surface area contributed by atoms with E-state index in [1.54, 1.807) is 6.26 Å². The Morgan fingerprint density at radius 2 is 1.44 bits per heavy atom. The molecule has 1 rings (SSSR count). The Hall–Kier alpha value is -1.84. The summed E-state index contributed by atoms with van der Waals surface area (Å²) in [5, 5.41) is 12.6. The number of carboxylic acids is 1. The summed E-state index contributed by atoms with van der Waals surface area (Å²) in [5.41, 5.74) is 1.03. The van der Waals surface area contributed by atoms with Crippen LogP contribution in [0.4, 0.5) is 0 Å². The number of carboxylic acid groups (broad SMARTS) is 1. The van der Waals surface area contributed by atoms with Gasteiger partial charge in [0.15, 0.2) is 0 Å². The summed E-state index contributed by atoms with van der Waals surface area (Å²) in [6, 6.07) is 0. The van der Waals surface area contributed by atoms with E-state index in [2.05, 4.69) is 17.3 Å². The Bertz CT molecular complexity index is 492. The maximum Gasteiger partial charge on any atom is 0.303 e. The van der Waals surface area contributed by atoms with E-state index in [-0.39, 0.29) is 0 Å². The van der Waals surface area contributed by atoms with Gasteiger partial charge in [0, 0.05) is 6.42 Å². The van der Waals surface area contributed by atoms with Gasteiger partial charge in [-0.2, -0.15) is 0 Å². The van der Waals surface area contributed by atoms with E-state index in [1.165, 1.54) is 57.8 Å². The van der Waals surface area contributed by atoms with Crippen LogP contribution in [0.25, 0.3) is 0 Å². The van der Waals surface area contributed by atoms with E-state index in [0.717, 1.165) is 37.8 Å². The van der Waals surface area contributed by atoms with Crippen molar-refractivity contribution in [3.8, 4) is 0 Å². The van der Waals surface area contributed by atoms with Crippen LogP contribution in [0, 0.1) is 0 Å². The van der Waals surface area contributed by atoms with Gasteiger partial charge in [0.2, 0.25) is 0 Å². The fourth-order valence-electron chi connectivity index (χ4n) is 3.08. The number of carbonyl (C=O) groups is 1. The molecule has 1 aliphatic rings. The highest BCUT2D eigenvalue weighted by Gasteiger charge is 1.98. The number of rotatable bonds is 17. The lowest BCUT2D eigenvalue weighted by Gasteiger charge is -2.01. The van der Waals surface area contributed by atoms with Crippen LogP contribution in [0.3, 0.4) is 0 Å². The smallest absolute Gasteiger partial charge is 0.303 e. The Labute approximate surface area is 165 Å². The molecule has 1 heterocycles. The minimum Gasteiger partial charge on any atom is -0.481 e.